The Kier molecular flexibility index (Phi) is 5.76. The van der Waals surface area contributed by atoms with Crippen LogP contribution >= 0.6 is 0 Å². The molecule has 1 fully saturated rings. The van der Waals surface area contributed by atoms with E-state index in [2.05, 4.69) is 22.3 Å². The highest BCUT2D eigenvalue weighted by atomic mass is 16.1. The molecule has 0 saturated carbocycles. The normalized spacial score (nSPS) is 17.1. The summed E-state index contributed by atoms with van der Waals surface area (Å²) in [4.78, 5) is 14.7. The van der Waals surface area contributed by atoms with Gasteiger partial charge in [-0.15, -0.1) is 0 Å². The molecule has 1 aliphatic rings. The van der Waals surface area contributed by atoms with Crippen molar-refractivity contribution in [2.45, 2.75) is 33.2 Å². The zero-order chi connectivity index (χ0) is 15.2. The molecule has 21 heavy (non-hydrogen) atoms. The van der Waals surface area contributed by atoms with E-state index in [0.717, 1.165) is 12.2 Å². The van der Waals surface area contributed by atoms with E-state index in [1.165, 1.54) is 31.5 Å². The summed E-state index contributed by atoms with van der Waals surface area (Å²) in [6.07, 6.45) is 2.59. The van der Waals surface area contributed by atoms with Crippen LogP contribution in [0.1, 0.15) is 32.3 Å². The number of nitrogens with one attached hydrogen (secondary N) is 1. The molecule has 0 spiro atoms. The molecule has 0 aromatic heterocycles. The standard InChI is InChI=1S/C17H27N3O/c1-13(2)16(11-18)17(21)19-15-7-5-6-14(10-15)12-20-8-3-4-9-20/h5-7,10,13,16H,3-4,8-9,11-12,18H2,1-2H3,(H,19,21). The number of amides is 1. The lowest BCUT2D eigenvalue weighted by Gasteiger charge is -2.19. The van der Waals surface area contributed by atoms with Crippen molar-refractivity contribution in [3.8, 4) is 0 Å². The van der Waals surface area contributed by atoms with Gasteiger partial charge < -0.3 is 11.1 Å². The first kappa shape index (κ1) is 16.0. The van der Waals surface area contributed by atoms with Gasteiger partial charge in [-0.2, -0.15) is 0 Å². The van der Waals surface area contributed by atoms with Crippen LogP contribution in [0.3, 0.4) is 0 Å². The van der Waals surface area contributed by atoms with Gasteiger partial charge in [-0.1, -0.05) is 26.0 Å². The van der Waals surface area contributed by atoms with Crippen LogP contribution in [-0.2, 0) is 11.3 Å². The molecule has 2 rings (SSSR count). The number of hydrogen-bond donors (Lipinski definition) is 2. The lowest BCUT2D eigenvalue weighted by molar-refractivity contribution is -0.120. The summed E-state index contributed by atoms with van der Waals surface area (Å²) in [7, 11) is 0. The van der Waals surface area contributed by atoms with E-state index in [9.17, 15) is 4.79 Å². The topological polar surface area (TPSA) is 58.4 Å². The average Bonchev–Trinajstić information content (AvgIpc) is 2.92. The molecule has 0 radical (unpaired) electrons. The third kappa shape index (κ3) is 4.55. The zero-order valence-electron chi connectivity index (χ0n) is 13.1. The van der Waals surface area contributed by atoms with E-state index in [1.54, 1.807) is 0 Å². The van der Waals surface area contributed by atoms with Crippen LogP contribution in [0.4, 0.5) is 5.69 Å². The van der Waals surface area contributed by atoms with Crippen LogP contribution in [0.15, 0.2) is 24.3 Å². The predicted molar refractivity (Wildman–Crippen MR) is 87.0 cm³/mol. The molecule has 3 N–H and O–H groups in total. The maximum absolute atomic E-state index is 12.2. The number of benzene rings is 1. The van der Waals surface area contributed by atoms with Crippen molar-refractivity contribution in [3.05, 3.63) is 29.8 Å². The van der Waals surface area contributed by atoms with Crippen LogP contribution in [0, 0.1) is 11.8 Å². The summed E-state index contributed by atoms with van der Waals surface area (Å²) in [5.41, 5.74) is 7.82. The van der Waals surface area contributed by atoms with Crippen LogP contribution in [0.2, 0.25) is 0 Å². The number of carbonyl (C=O) groups excluding carboxylic acids is 1. The minimum absolute atomic E-state index is 0.0193. The lowest BCUT2D eigenvalue weighted by Crippen LogP contribution is -2.33. The van der Waals surface area contributed by atoms with Crippen LogP contribution < -0.4 is 11.1 Å². The maximum Gasteiger partial charge on any atom is 0.229 e. The van der Waals surface area contributed by atoms with Gasteiger partial charge >= 0.3 is 0 Å². The number of anilines is 1. The summed E-state index contributed by atoms with van der Waals surface area (Å²) in [6.45, 7) is 7.77. The van der Waals surface area contributed by atoms with E-state index in [1.807, 2.05) is 26.0 Å². The molecule has 1 amide bonds. The lowest BCUT2D eigenvalue weighted by atomic mass is 9.95. The van der Waals surface area contributed by atoms with Crippen molar-refractivity contribution >= 4 is 11.6 Å². The number of nitrogens with zero attached hydrogens (tertiary/aromatic N) is 1. The van der Waals surface area contributed by atoms with Gasteiger partial charge in [-0.3, -0.25) is 9.69 Å². The Labute approximate surface area is 127 Å². The SMILES string of the molecule is CC(C)C(CN)C(=O)Nc1cccc(CN2CCCC2)c1. The third-order valence-corrected chi connectivity index (χ3v) is 4.19. The van der Waals surface area contributed by atoms with Gasteiger partial charge in [0.05, 0.1) is 5.92 Å². The van der Waals surface area contributed by atoms with Crippen LogP contribution in [0.5, 0.6) is 0 Å². The highest BCUT2D eigenvalue weighted by molar-refractivity contribution is 5.92. The molecule has 0 bridgehead atoms. The zero-order valence-corrected chi connectivity index (χ0v) is 13.1. The second-order valence-electron chi connectivity index (χ2n) is 6.26. The Morgan fingerprint density at radius 3 is 2.67 bits per heavy atom. The van der Waals surface area contributed by atoms with Crippen molar-refractivity contribution < 1.29 is 4.79 Å². The van der Waals surface area contributed by atoms with Crippen LogP contribution in [0.25, 0.3) is 0 Å². The second kappa shape index (κ2) is 7.57. The number of likely N-dealkylation sites (tertiary alicyclic amines) is 1. The Bertz CT molecular complexity index is 467. The molecule has 0 aliphatic carbocycles. The van der Waals surface area contributed by atoms with Gasteiger partial charge in [-0.25, -0.2) is 0 Å². The third-order valence-electron chi connectivity index (χ3n) is 4.19. The maximum atomic E-state index is 12.2. The van der Waals surface area contributed by atoms with Gasteiger partial charge in [-0.05, 0) is 49.5 Å². The Balaban J connectivity index is 1.98. The molecule has 116 valence electrons. The fourth-order valence-corrected chi connectivity index (χ4v) is 2.86. The molecule has 1 saturated heterocycles. The highest BCUT2D eigenvalue weighted by Crippen LogP contribution is 2.18. The smallest absolute Gasteiger partial charge is 0.229 e. The van der Waals surface area contributed by atoms with E-state index in [0.29, 0.717) is 6.54 Å². The first-order valence-electron chi connectivity index (χ1n) is 7.92. The van der Waals surface area contributed by atoms with Gasteiger partial charge in [0.25, 0.3) is 0 Å². The second-order valence-corrected chi connectivity index (χ2v) is 6.26. The highest BCUT2D eigenvalue weighted by Gasteiger charge is 2.20. The number of hydrogen-bond acceptors (Lipinski definition) is 3. The number of carbonyl (C=O) groups is 1. The Hall–Kier alpha value is -1.39. The molecular formula is C17H27N3O. The quantitative estimate of drug-likeness (QED) is 0.845. The summed E-state index contributed by atoms with van der Waals surface area (Å²) in [5.74, 6) is 0.140. The minimum Gasteiger partial charge on any atom is -0.330 e. The largest absolute Gasteiger partial charge is 0.330 e. The van der Waals surface area contributed by atoms with E-state index >= 15 is 0 Å². The van der Waals surface area contributed by atoms with E-state index < -0.39 is 0 Å². The average molecular weight is 289 g/mol. The molecular weight excluding hydrogens is 262 g/mol. The number of rotatable bonds is 6. The van der Waals surface area contributed by atoms with Crippen molar-refractivity contribution in [3.63, 3.8) is 0 Å². The first-order chi connectivity index (χ1) is 10.1. The summed E-state index contributed by atoms with van der Waals surface area (Å²) in [6, 6.07) is 8.15. The Morgan fingerprint density at radius 2 is 2.05 bits per heavy atom. The molecule has 1 heterocycles. The summed E-state index contributed by atoms with van der Waals surface area (Å²) >= 11 is 0. The fraction of sp³-hybridized carbons (Fsp3) is 0.588. The van der Waals surface area contributed by atoms with Crippen molar-refractivity contribution in [2.24, 2.45) is 17.6 Å². The van der Waals surface area contributed by atoms with Gasteiger partial charge in [0.15, 0.2) is 0 Å². The molecule has 1 unspecified atom stereocenters. The first-order valence-corrected chi connectivity index (χ1v) is 7.92. The van der Waals surface area contributed by atoms with Gasteiger partial charge in [0.2, 0.25) is 5.91 Å². The van der Waals surface area contributed by atoms with Gasteiger partial charge in [0.1, 0.15) is 0 Å². The molecule has 1 atom stereocenters. The molecule has 1 aromatic carbocycles. The van der Waals surface area contributed by atoms with Crippen molar-refractivity contribution in [2.75, 3.05) is 25.0 Å². The molecule has 1 aliphatic heterocycles. The Morgan fingerprint density at radius 1 is 1.33 bits per heavy atom. The molecule has 4 nitrogen and oxygen atoms in total. The summed E-state index contributed by atoms with van der Waals surface area (Å²) in [5, 5.41) is 3.00. The monoisotopic (exact) mass is 289 g/mol. The summed E-state index contributed by atoms with van der Waals surface area (Å²) < 4.78 is 0. The predicted octanol–water partition coefficient (Wildman–Crippen LogP) is 2.45. The molecule has 1 aromatic rings. The number of nitrogens with two attached hydrogens (primary N) is 1. The van der Waals surface area contributed by atoms with E-state index in [4.69, 9.17) is 5.73 Å². The van der Waals surface area contributed by atoms with Crippen molar-refractivity contribution in [1.82, 2.24) is 4.90 Å². The van der Waals surface area contributed by atoms with Crippen molar-refractivity contribution in [1.29, 1.82) is 0 Å². The fourth-order valence-electron chi connectivity index (χ4n) is 2.86. The van der Waals surface area contributed by atoms with Crippen LogP contribution in [-0.4, -0.2) is 30.4 Å². The molecule has 4 heteroatoms. The van der Waals surface area contributed by atoms with E-state index in [-0.39, 0.29) is 17.7 Å². The minimum atomic E-state index is -0.132. The van der Waals surface area contributed by atoms with Gasteiger partial charge in [0, 0.05) is 18.8 Å².